The molecule has 3 aromatic rings. The van der Waals surface area contributed by atoms with Gasteiger partial charge in [0.05, 0.1) is 18.3 Å². The summed E-state index contributed by atoms with van der Waals surface area (Å²) in [6.07, 6.45) is 0.403. The van der Waals surface area contributed by atoms with Crippen LogP contribution in [0.3, 0.4) is 0 Å². The third kappa shape index (κ3) is 4.86. The van der Waals surface area contributed by atoms with Gasteiger partial charge in [0.2, 0.25) is 0 Å². The summed E-state index contributed by atoms with van der Waals surface area (Å²) in [4.78, 5) is 13.4. The van der Waals surface area contributed by atoms with Crippen molar-refractivity contribution in [3.05, 3.63) is 71.3 Å². The topological polar surface area (TPSA) is 113 Å². The Kier molecular flexibility index (Phi) is 7.47. The van der Waals surface area contributed by atoms with Gasteiger partial charge in [0.15, 0.2) is 23.0 Å². The molecule has 2 heterocycles. The summed E-state index contributed by atoms with van der Waals surface area (Å²) in [5, 5.41) is 23.1. The maximum atomic E-state index is 14.0. The number of methoxy groups -OCH3 is 2. The molecular formula is C25H26F2N6O3. The van der Waals surface area contributed by atoms with E-state index in [9.17, 15) is 18.8 Å². The molecule has 1 fully saturated rings. The van der Waals surface area contributed by atoms with Gasteiger partial charge < -0.3 is 20.1 Å². The van der Waals surface area contributed by atoms with E-state index in [1.54, 1.807) is 31.4 Å². The highest BCUT2D eigenvalue weighted by Gasteiger charge is 2.45. The van der Waals surface area contributed by atoms with Gasteiger partial charge in [-0.25, -0.2) is 18.3 Å². The number of carbonyl (C=O) groups excluding carboxylic acids is 1. The van der Waals surface area contributed by atoms with Crippen LogP contribution < -0.4 is 20.7 Å². The van der Waals surface area contributed by atoms with Gasteiger partial charge in [-0.05, 0) is 36.2 Å². The Morgan fingerprint density at radius 1 is 1.25 bits per heavy atom. The van der Waals surface area contributed by atoms with E-state index in [0.29, 0.717) is 37.4 Å². The summed E-state index contributed by atoms with van der Waals surface area (Å²) in [5.74, 6) is -2.06. The molecule has 1 aromatic heterocycles. The summed E-state index contributed by atoms with van der Waals surface area (Å²) in [6, 6.07) is 14.2. The minimum Gasteiger partial charge on any atom is -0.479 e. The molecule has 1 aliphatic rings. The molecular weight excluding hydrogens is 470 g/mol. The molecule has 1 saturated heterocycles. The SMILES string of the molecule is COCC[C@@]1(NC(=O)Nc2c(C#N)c(OC)nn2-c2ccccc2)CNC[C@H]1c1ccc(F)c(F)c1. The van der Waals surface area contributed by atoms with E-state index >= 15 is 0 Å². The average molecular weight is 497 g/mol. The lowest BCUT2D eigenvalue weighted by molar-refractivity contribution is 0.155. The smallest absolute Gasteiger partial charge is 0.320 e. The number of nitrogens with one attached hydrogen (secondary N) is 3. The predicted molar refractivity (Wildman–Crippen MR) is 128 cm³/mol. The molecule has 0 unspecified atom stereocenters. The normalized spacial score (nSPS) is 19.0. The molecule has 3 N–H and O–H groups in total. The molecule has 1 aliphatic heterocycles. The number of nitrogens with zero attached hydrogens (tertiary/aromatic N) is 3. The van der Waals surface area contributed by atoms with Crippen LogP contribution in [0.1, 0.15) is 23.5 Å². The van der Waals surface area contributed by atoms with Gasteiger partial charge in [0.25, 0.3) is 5.88 Å². The summed E-state index contributed by atoms with van der Waals surface area (Å²) in [5.41, 5.74) is 0.343. The lowest BCUT2D eigenvalue weighted by Crippen LogP contribution is -2.55. The number of amides is 2. The second-order valence-electron chi connectivity index (χ2n) is 8.43. The average Bonchev–Trinajstić information content (AvgIpc) is 3.46. The van der Waals surface area contributed by atoms with Gasteiger partial charge in [-0.2, -0.15) is 5.26 Å². The van der Waals surface area contributed by atoms with Crippen molar-refractivity contribution in [1.82, 2.24) is 20.4 Å². The van der Waals surface area contributed by atoms with Gasteiger partial charge in [0.1, 0.15) is 6.07 Å². The highest BCUT2D eigenvalue weighted by Crippen LogP contribution is 2.36. The van der Waals surface area contributed by atoms with Crippen molar-refractivity contribution < 1.29 is 23.0 Å². The van der Waals surface area contributed by atoms with Gasteiger partial charge >= 0.3 is 6.03 Å². The number of nitriles is 1. The van der Waals surface area contributed by atoms with Crippen LogP contribution in [0.4, 0.5) is 19.4 Å². The number of ether oxygens (including phenoxy) is 2. The fraction of sp³-hybridized carbons (Fsp3) is 0.320. The monoisotopic (exact) mass is 496 g/mol. The summed E-state index contributed by atoms with van der Waals surface area (Å²) in [7, 11) is 2.94. The second kappa shape index (κ2) is 10.7. The number of halogens is 2. The van der Waals surface area contributed by atoms with Crippen molar-refractivity contribution in [2.75, 3.05) is 39.2 Å². The van der Waals surface area contributed by atoms with Crippen LogP contribution in [0.15, 0.2) is 48.5 Å². The minimum atomic E-state index is -0.956. The van der Waals surface area contributed by atoms with E-state index in [1.165, 1.54) is 17.9 Å². The predicted octanol–water partition coefficient (Wildman–Crippen LogP) is 3.31. The van der Waals surface area contributed by atoms with Crippen molar-refractivity contribution >= 4 is 11.8 Å². The van der Waals surface area contributed by atoms with Crippen LogP contribution >= 0.6 is 0 Å². The lowest BCUT2D eigenvalue weighted by atomic mass is 9.79. The largest absolute Gasteiger partial charge is 0.479 e. The molecule has 0 spiro atoms. The van der Waals surface area contributed by atoms with Crippen molar-refractivity contribution in [3.8, 4) is 17.6 Å². The number of anilines is 1. The third-order valence-electron chi connectivity index (χ3n) is 6.31. The summed E-state index contributed by atoms with van der Waals surface area (Å²) in [6.45, 7) is 1.13. The number of hydrogen-bond acceptors (Lipinski definition) is 6. The molecule has 11 heteroatoms. The van der Waals surface area contributed by atoms with Crippen LogP contribution in [0, 0.1) is 23.0 Å². The number of urea groups is 1. The van der Waals surface area contributed by atoms with Gasteiger partial charge in [-0.3, -0.25) is 5.32 Å². The molecule has 36 heavy (non-hydrogen) atoms. The summed E-state index contributed by atoms with van der Waals surface area (Å²) >= 11 is 0. The zero-order valence-electron chi connectivity index (χ0n) is 19.8. The van der Waals surface area contributed by atoms with Crippen LogP contribution in [0.25, 0.3) is 5.69 Å². The Morgan fingerprint density at radius 2 is 2.03 bits per heavy atom. The maximum Gasteiger partial charge on any atom is 0.320 e. The number of aromatic nitrogens is 2. The lowest BCUT2D eigenvalue weighted by Gasteiger charge is -2.36. The van der Waals surface area contributed by atoms with Crippen molar-refractivity contribution in [2.45, 2.75) is 17.9 Å². The van der Waals surface area contributed by atoms with E-state index in [2.05, 4.69) is 21.0 Å². The first kappa shape index (κ1) is 25.1. The van der Waals surface area contributed by atoms with E-state index in [-0.39, 0.29) is 23.2 Å². The van der Waals surface area contributed by atoms with E-state index in [1.807, 2.05) is 12.1 Å². The van der Waals surface area contributed by atoms with Crippen molar-refractivity contribution in [2.24, 2.45) is 0 Å². The fourth-order valence-electron chi connectivity index (χ4n) is 4.54. The first-order chi connectivity index (χ1) is 17.4. The zero-order chi connectivity index (χ0) is 25.7. The number of carbonyl (C=O) groups is 1. The molecule has 0 aliphatic carbocycles. The zero-order valence-corrected chi connectivity index (χ0v) is 19.8. The summed E-state index contributed by atoms with van der Waals surface area (Å²) < 4.78 is 39.6. The van der Waals surface area contributed by atoms with E-state index in [4.69, 9.17) is 9.47 Å². The standard InChI is InChI=1S/C25H26F2N6O3/c1-35-11-10-25(15-29-14-19(25)16-8-9-20(26)21(27)12-16)31-24(34)30-22-18(13-28)23(36-2)32-33(22)17-6-4-3-5-7-17/h3-9,12,19,29H,10-11,14-15H2,1-2H3,(H2,30,31,34)/t19-,25+/m0/s1. The van der Waals surface area contributed by atoms with Crippen molar-refractivity contribution in [3.63, 3.8) is 0 Å². The molecule has 0 radical (unpaired) electrons. The molecule has 188 valence electrons. The van der Waals surface area contributed by atoms with Crippen LogP contribution in [0.5, 0.6) is 5.88 Å². The van der Waals surface area contributed by atoms with Crippen LogP contribution in [0.2, 0.25) is 0 Å². The molecule has 2 atom stereocenters. The highest BCUT2D eigenvalue weighted by atomic mass is 19.2. The van der Waals surface area contributed by atoms with Crippen molar-refractivity contribution in [1.29, 1.82) is 5.26 Å². The number of rotatable bonds is 8. The number of para-hydroxylation sites is 1. The number of hydrogen-bond donors (Lipinski definition) is 3. The Balaban J connectivity index is 1.67. The molecule has 4 rings (SSSR count). The first-order valence-electron chi connectivity index (χ1n) is 11.3. The fourth-order valence-corrected chi connectivity index (χ4v) is 4.54. The molecule has 2 aromatic carbocycles. The minimum absolute atomic E-state index is 0.0594. The second-order valence-corrected chi connectivity index (χ2v) is 8.43. The Hall–Kier alpha value is -4.01. The maximum absolute atomic E-state index is 14.0. The Bertz CT molecular complexity index is 1280. The van der Waals surface area contributed by atoms with E-state index in [0.717, 1.165) is 12.1 Å². The Morgan fingerprint density at radius 3 is 2.69 bits per heavy atom. The van der Waals surface area contributed by atoms with Gasteiger partial charge in [-0.15, -0.1) is 5.10 Å². The van der Waals surface area contributed by atoms with Crippen LogP contribution in [-0.4, -0.2) is 55.3 Å². The van der Waals surface area contributed by atoms with Gasteiger partial charge in [0, 0.05) is 32.7 Å². The van der Waals surface area contributed by atoms with E-state index < -0.39 is 23.2 Å². The Labute approximate surface area is 207 Å². The molecule has 0 saturated carbocycles. The molecule has 2 amide bonds. The first-order valence-corrected chi connectivity index (χ1v) is 11.3. The highest BCUT2D eigenvalue weighted by molar-refractivity contribution is 5.91. The van der Waals surface area contributed by atoms with Gasteiger partial charge in [-0.1, -0.05) is 24.3 Å². The quantitative estimate of drug-likeness (QED) is 0.441. The molecule has 0 bridgehead atoms. The van der Waals surface area contributed by atoms with Crippen LogP contribution in [-0.2, 0) is 4.74 Å². The molecule has 9 nitrogen and oxygen atoms in total. The number of benzene rings is 2. The third-order valence-corrected chi connectivity index (χ3v) is 6.31.